The molecule has 2 aliphatic carbocycles. The van der Waals surface area contributed by atoms with Gasteiger partial charge in [0.2, 0.25) is 0 Å². The van der Waals surface area contributed by atoms with Crippen LogP contribution in [0.15, 0.2) is 30.5 Å². The summed E-state index contributed by atoms with van der Waals surface area (Å²) in [5, 5.41) is 1.60. The number of benzene rings is 1. The van der Waals surface area contributed by atoms with Gasteiger partial charge in [0.05, 0.1) is 5.69 Å². The van der Waals surface area contributed by atoms with Crippen LogP contribution in [0.4, 0.5) is 8.78 Å². The minimum absolute atomic E-state index is 0.0673. The van der Waals surface area contributed by atoms with Crippen LogP contribution >= 0.6 is 0 Å². The van der Waals surface area contributed by atoms with Gasteiger partial charge in [-0.2, -0.15) is 0 Å². The van der Waals surface area contributed by atoms with E-state index in [-0.39, 0.29) is 11.5 Å². The minimum atomic E-state index is -2.71. The second-order valence-electron chi connectivity index (χ2n) is 5.72. The lowest BCUT2D eigenvalue weighted by atomic mass is 9.67. The molecule has 0 saturated heterocycles. The van der Waals surface area contributed by atoms with Crippen LogP contribution < -0.4 is 0 Å². The number of nitrogens with zero attached hydrogens (tertiary/aromatic N) is 1. The van der Waals surface area contributed by atoms with E-state index < -0.39 is 11.8 Å². The Bertz CT molecular complexity index is 645. The maximum absolute atomic E-state index is 14.8. The Morgan fingerprint density at radius 3 is 2.84 bits per heavy atom. The SMILES string of the molecule is FC1(F)c2cccc3ccnc(c23)C2CCCCC21. The van der Waals surface area contributed by atoms with Crippen LogP contribution in [0.3, 0.4) is 0 Å². The van der Waals surface area contributed by atoms with Gasteiger partial charge < -0.3 is 0 Å². The van der Waals surface area contributed by atoms with E-state index in [0.717, 1.165) is 30.3 Å². The monoisotopic (exact) mass is 259 g/mol. The van der Waals surface area contributed by atoms with E-state index in [2.05, 4.69) is 4.98 Å². The second-order valence-corrected chi connectivity index (χ2v) is 5.72. The van der Waals surface area contributed by atoms with Crippen molar-refractivity contribution in [2.24, 2.45) is 5.92 Å². The van der Waals surface area contributed by atoms with Gasteiger partial charge in [-0.15, -0.1) is 0 Å². The van der Waals surface area contributed by atoms with Crippen molar-refractivity contribution in [1.82, 2.24) is 4.98 Å². The van der Waals surface area contributed by atoms with Crippen LogP contribution in [0, 0.1) is 5.92 Å². The fraction of sp³-hybridized carbons (Fsp3) is 0.438. The lowest BCUT2D eigenvalue weighted by molar-refractivity contribution is -0.0889. The molecule has 2 unspecified atom stereocenters. The van der Waals surface area contributed by atoms with Crippen LogP contribution in [0.2, 0.25) is 0 Å². The first-order valence-corrected chi connectivity index (χ1v) is 6.95. The van der Waals surface area contributed by atoms with Crippen molar-refractivity contribution < 1.29 is 8.78 Å². The van der Waals surface area contributed by atoms with Crippen molar-refractivity contribution >= 4 is 10.8 Å². The molecule has 1 saturated carbocycles. The van der Waals surface area contributed by atoms with Crippen LogP contribution in [-0.2, 0) is 5.92 Å². The summed E-state index contributed by atoms with van der Waals surface area (Å²) in [6.07, 6.45) is 5.17. The second kappa shape index (κ2) is 3.75. The highest BCUT2D eigenvalue weighted by molar-refractivity contribution is 5.89. The fourth-order valence-electron chi connectivity index (χ4n) is 3.91. The van der Waals surface area contributed by atoms with E-state index in [1.807, 2.05) is 12.1 Å². The highest BCUT2D eigenvalue weighted by atomic mass is 19.3. The van der Waals surface area contributed by atoms with Crippen LogP contribution in [0.5, 0.6) is 0 Å². The van der Waals surface area contributed by atoms with Gasteiger partial charge in [0.25, 0.3) is 5.92 Å². The maximum Gasteiger partial charge on any atom is 0.277 e. The standard InChI is InChI=1S/C16H15F2N/c17-16(18)12-6-2-1-5-11(12)15-14-10(8-9-19-15)4-3-7-13(14)16/h3-4,7-9,11-12H,1-2,5-6H2. The van der Waals surface area contributed by atoms with E-state index in [0.29, 0.717) is 11.8 Å². The minimum Gasteiger partial charge on any atom is -0.260 e. The zero-order valence-corrected chi connectivity index (χ0v) is 10.6. The third kappa shape index (κ3) is 1.41. The molecule has 0 radical (unpaired) electrons. The Hall–Kier alpha value is -1.51. The van der Waals surface area contributed by atoms with Gasteiger partial charge in [0, 0.05) is 29.0 Å². The molecular formula is C16H15F2N. The summed E-state index contributed by atoms with van der Waals surface area (Å²) in [5.74, 6) is -3.34. The predicted octanol–water partition coefficient (Wildman–Crippen LogP) is 4.61. The molecule has 1 nitrogen and oxygen atoms in total. The molecule has 2 atom stereocenters. The van der Waals surface area contributed by atoms with Crippen molar-refractivity contribution in [2.75, 3.05) is 0 Å². The summed E-state index contributed by atoms with van der Waals surface area (Å²) in [6.45, 7) is 0. The highest BCUT2D eigenvalue weighted by Gasteiger charge is 2.51. The van der Waals surface area contributed by atoms with Crippen molar-refractivity contribution in [1.29, 1.82) is 0 Å². The molecule has 3 heteroatoms. The van der Waals surface area contributed by atoms with Gasteiger partial charge in [-0.3, -0.25) is 4.98 Å². The van der Waals surface area contributed by atoms with E-state index in [4.69, 9.17) is 0 Å². The Kier molecular flexibility index (Phi) is 2.23. The average molecular weight is 259 g/mol. The van der Waals surface area contributed by atoms with E-state index in [9.17, 15) is 8.78 Å². The van der Waals surface area contributed by atoms with E-state index in [1.54, 1.807) is 18.3 Å². The van der Waals surface area contributed by atoms with Gasteiger partial charge in [0.1, 0.15) is 0 Å². The first kappa shape index (κ1) is 11.3. The molecule has 0 amide bonds. The van der Waals surface area contributed by atoms with Crippen molar-refractivity contribution in [3.8, 4) is 0 Å². The topological polar surface area (TPSA) is 12.9 Å². The fourth-order valence-corrected chi connectivity index (χ4v) is 3.91. The van der Waals surface area contributed by atoms with E-state index in [1.165, 1.54) is 0 Å². The molecule has 0 aliphatic heterocycles. The van der Waals surface area contributed by atoms with Crippen molar-refractivity contribution in [2.45, 2.75) is 37.5 Å². The average Bonchev–Trinajstić information content (AvgIpc) is 2.45. The number of aromatic nitrogens is 1. The lowest BCUT2D eigenvalue weighted by Gasteiger charge is -2.41. The van der Waals surface area contributed by atoms with Crippen molar-refractivity contribution in [3.63, 3.8) is 0 Å². The Morgan fingerprint density at radius 1 is 1.11 bits per heavy atom. The predicted molar refractivity (Wildman–Crippen MR) is 70.3 cm³/mol. The number of fused-ring (bicyclic) bond motifs is 2. The molecule has 98 valence electrons. The number of pyridine rings is 1. The smallest absolute Gasteiger partial charge is 0.260 e. The number of hydrogen-bond donors (Lipinski definition) is 0. The maximum atomic E-state index is 14.8. The van der Waals surface area contributed by atoms with Crippen LogP contribution in [0.1, 0.15) is 42.9 Å². The molecular weight excluding hydrogens is 244 g/mol. The van der Waals surface area contributed by atoms with Gasteiger partial charge in [-0.1, -0.05) is 31.0 Å². The molecule has 4 rings (SSSR count). The largest absolute Gasteiger partial charge is 0.277 e. The molecule has 1 heterocycles. The summed E-state index contributed by atoms with van der Waals surface area (Å²) < 4.78 is 29.5. The zero-order chi connectivity index (χ0) is 13.0. The molecule has 0 N–H and O–H groups in total. The summed E-state index contributed by atoms with van der Waals surface area (Å²) >= 11 is 0. The van der Waals surface area contributed by atoms with Crippen LogP contribution in [0.25, 0.3) is 10.8 Å². The summed E-state index contributed by atoms with van der Waals surface area (Å²) in [5.41, 5.74) is 1.10. The summed E-state index contributed by atoms with van der Waals surface area (Å²) in [7, 11) is 0. The van der Waals surface area contributed by atoms with E-state index >= 15 is 0 Å². The Labute approximate surface area is 110 Å². The number of alkyl halides is 2. The summed E-state index contributed by atoms with van der Waals surface area (Å²) in [4.78, 5) is 4.45. The Morgan fingerprint density at radius 2 is 1.95 bits per heavy atom. The third-order valence-corrected chi connectivity index (χ3v) is 4.76. The highest BCUT2D eigenvalue weighted by Crippen LogP contribution is 2.56. The van der Waals surface area contributed by atoms with Crippen molar-refractivity contribution in [3.05, 3.63) is 41.7 Å². The van der Waals surface area contributed by atoms with Gasteiger partial charge >= 0.3 is 0 Å². The number of rotatable bonds is 0. The molecule has 0 spiro atoms. The first-order valence-electron chi connectivity index (χ1n) is 6.95. The molecule has 2 aliphatic rings. The van der Waals surface area contributed by atoms with Gasteiger partial charge in [0.15, 0.2) is 0 Å². The molecule has 0 bridgehead atoms. The van der Waals surface area contributed by atoms with Gasteiger partial charge in [-0.25, -0.2) is 8.78 Å². The number of halogens is 2. The Balaban J connectivity index is 2.08. The van der Waals surface area contributed by atoms with Gasteiger partial charge in [-0.05, 0) is 24.3 Å². The third-order valence-electron chi connectivity index (χ3n) is 4.76. The quantitative estimate of drug-likeness (QED) is 0.673. The molecule has 2 aromatic rings. The molecule has 1 aromatic carbocycles. The first-order chi connectivity index (χ1) is 9.19. The normalized spacial score (nSPS) is 28.1. The van der Waals surface area contributed by atoms with Crippen LogP contribution in [-0.4, -0.2) is 4.98 Å². The molecule has 19 heavy (non-hydrogen) atoms. The molecule has 1 fully saturated rings. The zero-order valence-electron chi connectivity index (χ0n) is 10.6. The number of hydrogen-bond acceptors (Lipinski definition) is 1. The summed E-state index contributed by atoms with van der Waals surface area (Å²) in [6, 6.07) is 7.06. The molecule has 1 aromatic heterocycles. The lowest BCUT2D eigenvalue weighted by Crippen LogP contribution is -2.37.